The van der Waals surface area contributed by atoms with Gasteiger partial charge in [-0.05, 0) is 36.2 Å². The number of halogens is 2. The van der Waals surface area contributed by atoms with Crippen molar-refractivity contribution >= 4 is 29.0 Å². The Morgan fingerprint density at radius 2 is 1.86 bits per heavy atom. The summed E-state index contributed by atoms with van der Waals surface area (Å²) in [4.78, 5) is 4.16. The van der Waals surface area contributed by atoms with Gasteiger partial charge in [-0.25, -0.2) is 0 Å². The number of aromatic nitrogens is 2. The molecule has 0 fully saturated rings. The van der Waals surface area contributed by atoms with E-state index in [1.54, 1.807) is 24.5 Å². The van der Waals surface area contributed by atoms with Gasteiger partial charge in [-0.3, -0.25) is 4.98 Å². The first kappa shape index (κ1) is 13.9. The number of rotatable bonds is 2. The average molecular weight is 320 g/mol. The second-order valence-electron chi connectivity index (χ2n) is 4.65. The summed E-state index contributed by atoms with van der Waals surface area (Å²) < 4.78 is 5.37. The molecule has 3 rings (SSSR count). The lowest BCUT2D eigenvalue weighted by molar-refractivity contribution is 0.436. The molecule has 0 aliphatic carbocycles. The van der Waals surface area contributed by atoms with E-state index in [1.165, 1.54) is 0 Å². The monoisotopic (exact) mass is 319 g/mol. The Hall–Kier alpha value is -2.04. The van der Waals surface area contributed by atoms with Crippen LogP contribution < -0.4 is 5.73 Å². The smallest absolute Gasteiger partial charge is 0.178 e. The SMILES string of the molecule is Cc1cncc(-c2onc(N)c2-c2ccc(Cl)c(Cl)c2)c1. The predicted octanol–water partition coefficient (Wildman–Crippen LogP) is 4.60. The van der Waals surface area contributed by atoms with Crippen LogP contribution in [0.5, 0.6) is 0 Å². The highest BCUT2D eigenvalue weighted by Gasteiger charge is 2.18. The molecule has 0 saturated carbocycles. The first-order valence-electron chi connectivity index (χ1n) is 6.19. The van der Waals surface area contributed by atoms with Crippen molar-refractivity contribution in [2.45, 2.75) is 6.92 Å². The highest BCUT2D eigenvalue weighted by atomic mass is 35.5. The molecule has 0 aliphatic heterocycles. The van der Waals surface area contributed by atoms with Crippen LogP contribution in [0, 0.1) is 6.92 Å². The summed E-state index contributed by atoms with van der Waals surface area (Å²) in [5.41, 5.74) is 9.23. The Balaban J connectivity index is 2.19. The van der Waals surface area contributed by atoms with Crippen LogP contribution in [0.1, 0.15) is 5.56 Å². The number of aryl methyl sites for hydroxylation is 1. The third kappa shape index (κ3) is 2.60. The summed E-state index contributed by atoms with van der Waals surface area (Å²) in [5, 5.41) is 4.78. The average Bonchev–Trinajstić information content (AvgIpc) is 2.84. The minimum atomic E-state index is 0.296. The molecule has 0 radical (unpaired) electrons. The van der Waals surface area contributed by atoms with Crippen molar-refractivity contribution in [3.05, 3.63) is 52.3 Å². The molecular formula is C15H11Cl2N3O. The van der Waals surface area contributed by atoms with Crippen molar-refractivity contribution in [1.82, 2.24) is 10.1 Å². The van der Waals surface area contributed by atoms with Gasteiger partial charge in [-0.15, -0.1) is 0 Å². The number of pyridine rings is 1. The number of nitrogens with two attached hydrogens (primary N) is 1. The normalized spacial score (nSPS) is 10.8. The molecule has 2 N–H and O–H groups in total. The van der Waals surface area contributed by atoms with Crippen molar-refractivity contribution in [3.63, 3.8) is 0 Å². The van der Waals surface area contributed by atoms with E-state index in [0.29, 0.717) is 27.2 Å². The van der Waals surface area contributed by atoms with Gasteiger partial charge >= 0.3 is 0 Å². The third-order valence-electron chi connectivity index (χ3n) is 3.06. The number of anilines is 1. The van der Waals surface area contributed by atoms with Gasteiger partial charge in [-0.2, -0.15) is 0 Å². The molecule has 2 aromatic heterocycles. The molecule has 1 aromatic carbocycles. The van der Waals surface area contributed by atoms with Crippen LogP contribution in [0.15, 0.2) is 41.2 Å². The van der Waals surface area contributed by atoms with Crippen LogP contribution in [0.3, 0.4) is 0 Å². The van der Waals surface area contributed by atoms with Crippen LogP contribution >= 0.6 is 23.2 Å². The maximum atomic E-state index is 6.07. The van der Waals surface area contributed by atoms with Crippen LogP contribution in [-0.2, 0) is 0 Å². The van der Waals surface area contributed by atoms with Gasteiger partial charge in [0.2, 0.25) is 0 Å². The highest BCUT2D eigenvalue weighted by Crippen LogP contribution is 2.38. The Labute approximate surface area is 131 Å². The predicted molar refractivity (Wildman–Crippen MR) is 84.3 cm³/mol. The summed E-state index contributed by atoms with van der Waals surface area (Å²) in [7, 11) is 0. The van der Waals surface area contributed by atoms with E-state index in [9.17, 15) is 0 Å². The molecular weight excluding hydrogens is 309 g/mol. The van der Waals surface area contributed by atoms with E-state index in [0.717, 1.165) is 16.7 Å². The summed E-state index contributed by atoms with van der Waals surface area (Å²) in [5.74, 6) is 0.854. The Morgan fingerprint density at radius 3 is 2.57 bits per heavy atom. The minimum absolute atomic E-state index is 0.296. The first-order chi connectivity index (χ1) is 10.1. The zero-order valence-corrected chi connectivity index (χ0v) is 12.6. The lowest BCUT2D eigenvalue weighted by Gasteiger charge is -2.05. The largest absolute Gasteiger partial charge is 0.380 e. The molecule has 0 saturated heterocycles. The Kier molecular flexibility index (Phi) is 3.57. The fourth-order valence-corrected chi connectivity index (χ4v) is 2.41. The first-order valence-corrected chi connectivity index (χ1v) is 6.94. The lowest BCUT2D eigenvalue weighted by Crippen LogP contribution is -1.89. The minimum Gasteiger partial charge on any atom is -0.380 e. The molecule has 0 spiro atoms. The number of hydrogen-bond donors (Lipinski definition) is 1. The van der Waals surface area contributed by atoms with E-state index in [4.69, 9.17) is 33.5 Å². The zero-order chi connectivity index (χ0) is 15.0. The van der Waals surface area contributed by atoms with Gasteiger partial charge in [0.1, 0.15) is 0 Å². The van der Waals surface area contributed by atoms with Crippen molar-refractivity contribution in [2.75, 3.05) is 5.73 Å². The van der Waals surface area contributed by atoms with Crippen molar-refractivity contribution in [2.24, 2.45) is 0 Å². The van der Waals surface area contributed by atoms with Crippen molar-refractivity contribution < 1.29 is 4.52 Å². The van der Waals surface area contributed by atoms with Gasteiger partial charge in [0.15, 0.2) is 11.6 Å². The summed E-state index contributed by atoms with van der Waals surface area (Å²) >= 11 is 12.0. The van der Waals surface area contributed by atoms with Crippen LogP contribution in [0.25, 0.3) is 22.5 Å². The topological polar surface area (TPSA) is 64.9 Å². The number of nitrogen functional groups attached to an aromatic ring is 1. The highest BCUT2D eigenvalue weighted by molar-refractivity contribution is 6.42. The molecule has 0 atom stereocenters. The molecule has 0 amide bonds. The van der Waals surface area contributed by atoms with Crippen LogP contribution in [0.2, 0.25) is 10.0 Å². The number of benzene rings is 1. The maximum absolute atomic E-state index is 6.07. The molecule has 21 heavy (non-hydrogen) atoms. The van der Waals surface area contributed by atoms with E-state index >= 15 is 0 Å². The quantitative estimate of drug-likeness (QED) is 0.749. The van der Waals surface area contributed by atoms with Gasteiger partial charge < -0.3 is 10.3 Å². The summed E-state index contributed by atoms with van der Waals surface area (Å²) in [6.45, 7) is 1.95. The van der Waals surface area contributed by atoms with Crippen LogP contribution in [0.4, 0.5) is 5.82 Å². The Bertz CT molecular complexity index is 814. The van der Waals surface area contributed by atoms with E-state index in [1.807, 2.05) is 19.1 Å². The molecule has 3 aromatic rings. The Morgan fingerprint density at radius 1 is 1.05 bits per heavy atom. The standard InChI is InChI=1S/C15H11Cl2N3O/c1-8-4-10(7-19-6-8)14-13(15(18)20-21-14)9-2-3-11(16)12(17)5-9/h2-7H,1H3,(H2,18,20). The molecule has 106 valence electrons. The second-order valence-corrected chi connectivity index (χ2v) is 5.47. The van der Waals surface area contributed by atoms with E-state index in [-0.39, 0.29) is 0 Å². The number of nitrogens with zero attached hydrogens (tertiary/aromatic N) is 2. The van der Waals surface area contributed by atoms with E-state index in [2.05, 4.69) is 10.1 Å². The molecule has 0 aliphatic rings. The summed E-state index contributed by atoms with van der Waals surface area (Å²) in [6, 6.07) is 7.22. The van der Waals surface area contributed by atoms with Gasteiger partial charge in [0, 0.05) is 18.0 Å². The molecule has 0 unspecified atom stereocenters. The van der Waals surface area contributed by atoms with Gasteiger partial charge in [-0.1, -0.05) is 34.4 Å². The maximum Gasteiger partial charge on any atom is 0.178 e. The third-order valence-corrected chi connectivity index (χ3v) is 3.80. The van der Waals surface area contributed by atoms with Crippen LogP contribution in [-0.4, -0.2) is 10.1 Å². The molecule has 2 heterocycles. The zero-order valence-electron chi connectivity index (χ0n) is 11.1. The second kappa shape index (κ2) is 5.39. The van der Waals surface area contributed by atoms with Crippen molar-refractivity contribution in [3.8, 4) is 22.5 Å². The fraction of sp³-hybridized carbons (Fsp3) is 0.0667. The van der Waals surface area contributed by atoms with Crippen molar-refractivity contribution in [1.29, 1.82) is 0 Å². The molecule has 6 heteroatoms. The fourth-order valence-electron chi connectivity index (χ4n) is 2.11. The van der Waals surface area contributed by atoms with Gasteiger partial charge in [0.25, 0.3) is 0 Å². The lowest BCUT2D eigenvalue weighted by atomic mass is 10.0. The van der Waals surface area contributed by atoms with E-state index < -0.39 is 0 Å². The molecule has 0 bridgehead atoms. The number of hydrogen-bond acceptors (Lipinski definition) is 4. The summed E-state index contributed by atoms with van der Waals surface area (Å²) in [6.07, 6.45) is 3.47. The van der Waals surface area contributed by atoms with Gasteiger partial charge in [0.05, 0.1) is 15.6 Å². The molecule has 4 nitrogen and oxygen atoms in total.